The van der Waals surface area contributed by atoms with Gasteiger partial charge in [-0.3, -0.25) is 9.69 Å². The average molecular weight is 438 g/mol. The number of amides is 1. The number of para-hydroxylation sites is 1. The molecule has 3 aromatic rings. The van der Waals surface area contributed by atoms with Crippen LogP contribution in [0.1, 0.15) is 16.1 Å². The number of fused-ring (bicyclic) bond motifs is 1. The van der Waals surface area contributed by atoms with Crippen molar-refractivity contribution in [3.63, 3.8) is 0 Å². The molecule has 1 amide bonds. The summed E-state index contributed by atoms with van der Waals surface area (Å²) in [7, 11) is 1.67. The highest BCUT2D eigenvalue weighted by molar-refractivity contribution is 7.13. The summed E-state index contributed by atoms with van der Waals surface area (Å²) >= 11 is 1.65. The lowest BCUT2D eigenvalue weighted by atomic mass is 10.1. The summed E-state index contributed by atoms with van der Waals surface area (Å²) < 4.78 is 16.1. The summed E-state index contributed by atoms with van der Waals surface area (Å²) in [6, 6.07) is 13.4. The molecule has 0 unspecified atom stereocenters. The highest BCUT2D eigenvalue weighted by Crippen LogP contribution is 2.36. The molecule has 1 aromatic heterocycles. The van der Waals surface area contributed by atoms with E-state index in [4.69, 9.17) is 19.2 Å². The number of methoxy groups -OCH3 is 1. The largest absolute Gasteiger partial charge is 0.497 e. The van der Waals surface area contributed by atoms with Crippen molar-refractivity contribution in [3.05, 3.63) is 59.1 Å². The van der Waals surface area contributed by atoms with Crippen LogP contribution in [0.2, 0.25) is 0 Å². The van der Waals surface area contributed by atoms with Gasteiger partial charge in [0.05, 0.1) is 18.4 Å². The van der Waals surface area contributed by atoms with Gasteiger partial charge < -0.3 is 19.1 Å². The van der Waals surface area contributed by atoms with Gasteiger partial charge in [-0.1, -0.05) is 6.07 Å². The first kappa shape index (κ1) is 19.8. The lowest BCUT2D eigenvalue weighted by molar-refractivity contribution is 0.0623. The third-order valence-corrected chi connectivity index (χ3v) is 6.50. The van der Waals surface area contributed by atoms with Crippen molar-refractivity contribution >= 4 is 17.2 Å². The van der Waals surface area contributed by atoms with E-state index in [1.54, 1.807) is 24.5 Å². The van der Waals surface area contributed by atoms with E-state index in [0.29, 0.717) is 30.2 Å². The molecule has 3 heterocycles. The number of hydrogen-bond acceptors (Lipinski definition) is 7. The summed E-state index contributed by atoms with van der Waals surface area (Å²) in [5.41, 5.74) is 2.73. The van der Waals surface area contributed by atoms with E-state index in [2.05, 4.69) is 10.3 Å². The Hall–Kier alpha value is -3.10. The Labute approximate surface area is 184 Å². The minimum absolute atomic E-state index is 0.00236. The maximum atomic E-state index is 13.0. The van der Waals surface area contributed by atoms with Crippen molar-refractivity contribution in [3.8, 4) is 27.8 Å². The summed E-state index contributed by atoms with van der Waals surface area (Å²) in [5, 5.41) is 3.12. The van der Waals surface area contributed by atoms with Crippen molar-refractivity contribution in [1.29, 1.82) is 0 Å². The first-order valence-corrected chi connectivity index (χ1v) is 11.1. The normalized spacial score (nSPS) is 15.8. The molecule has 0 radical (unpaired) electrons. The molecule has 0 spiro atoms. The lowest BCUT2D eigenvalue weighted by Gasteiger charge is -2.34. The topological polar surface area (TPSA) is 64.1 Å². The predicted octanol–water partition coefficient (Wildman–Crippen LogP) is 3.51. The van der Waals surface area contributed by atoms with Crippen molar-refractivity contribution < 1.29 is 19.0 Å². The van der Waals surface area contributed by atoms with E-state index < -0.39 is 0 Å². The quantitative estimate of drug-likeness (QED) is 0.609. The molecule has 0 aliphatic carbocycles. The summed E-state index contributed by atoms with van der Waals surface area (Å²) in [6.45, 7) is 3.94. The molecule has 2 aliphatic rings. The Kier molecular flexibility index (Phi) is 5.48. The minimum Gasteiger partial charge on any atom is -0.497 e. The van der Waals surface area contributed by atoms with Crippen LogP contribution < -0.4 is 14.2 Å². The van der Waals surface area contributed by atoms with Crippen LogP contribution in [0.5, 0.6) is 17.2 Å². The smallest absolute Gasteiger partial charge is 0.257 e. The third-order valence-electron chi connectivity index (χ3n) is 5.56. The highest BCUT2D eigenvalue weighted by Gasteiger charge is 2.28. The molecule has 1 fully saturated rings. The van der Waals surface area contributed by atoms with Gasteiger partial charge in [0.15, 0.2) is 11.5 Å². The fourth-order valence-corrected chi connectivity index (χ4v) is 4.67. The number of nitrogens with zero attached hydrogens (tertiary/aromatic N) is 3. The molecule has 8 heteroatoms. The van der Waals surface area contributed by atoms with Gasteiger partial charge in [-0.15, -0.1) is 11.3 Å². The zero-order valence-corrected chi connectivity index (χ0v) is 18.1. The van der Waals surface area contributed by atoms with Gasteiger partial charge >= 0.3 is 0 Å². The number of thiazole rings is 1. The maximum absolute atomic E-state index is 13.0. The summed E-state index contributed by atoms with van der Waals surface area (Å²) in [6.07, 6.45) is 0. The van der Waals surface area contributed by atoms with Crippen molar-refractivity contribution in [1.82, 2.24) is 14.8 Å². The minimum atomic E-state index is -0.00236. The molecule has 0 saturated carbocycles. The van der Waals surface area contributed by atoms with E-state index in [1.165, 1.54) is 0 Å². The van der Waals surface area contributed by atoms with Gasteiger partial charge in [0, 0.05) is 43.7 Å². The van der Waals surface area contributed by atoms with Crippen LogP contribution in [0.25, 0.3) is 10.6 Å². The van der Waals surface area contributed by atoms with Crippen LogP contribution in [0, 0.1) is 0 Å². The zero-order chi connectivity index (χ0) is 21.2. The Morgan fingerprint density at radius 2 is 1.90 bits per heavy atom. The van der Waals surface area contributed by atoms with E-state index >= 15 is 0 Å². The number of ether oxygens (including phenoxy) is 3. The number of hydrogen-bond donors (Lipinski definition) is 0. The van der Waals surface area contributed by atoms with Crippen molar-refractivity contribution in [2.24, 2.45) is 0 Å². The zero-order valence-electron chi connectivity index (χ0n) is 17.2. The maximum Gasteiger partial charge on any atom is 0.257 e. The van der Waals surface area contributed by atoms with Gasteiger partial charge in [0.1, 0.15) is 10.8 Å². The van der Waals surface area contributed by atoms with E-state index in [-0.39, 0.29) is 12.7 Å². The highest BCUT2D eigenvalue weighted by atomic mass is 32.1. The molecule has 0 atom stereocenters. The second kappa shape index (κ2) is 8.56. The molecular formula is C23H23N3O4S. The van der Waals surface area contributed by atoms with Crippen LogP contribution in [-0.2, 0) is 6.54 Å². The van der Waals surface area contributed by atoms with Crippen LogP contribution in [0.4, 0.5) is 0 Å². The number of benzene rings is 2. The monoisotopic (exact) mass is 437 g/mol. The Balaban J connectivity index is 1.18. The molecule has 2 aliphatic heterocycles. The fourth-order valence-electron chi connectivity index (χ4n) is 3.85. The average Bonchev–Trinajstić information content (AvgIpc) is 3.49. The molecule has 1 saturated heterocycles. The Bertz CT molecular complexity index is 1070. The molecule has 7 nitrogen and oxygen atoms in total. The Morgan fingerprint density at radius 3 is 2.68 bits per heavy atom. The molecule has 5 rings (SSSR count). The van der Waals surface area contributed by atoms with Crippen LogP contribution >= 0.6 is 11.3 Å². The van der Waals surface area contributed by atoms with Gasteiger partial charge in [0.25, 0.3) is 5.91 Å². The van der Waals surface area contributed by atoms with Gasteiger partial charge in [-0.2, -0.15) is 0 Å². The number of carbonyl (C=O) groups excluding carboxylic acids is 1. The Morgan fingerprint density at radius 1 is 1.10 bits per heavy atom. The van der Waals surface area contributed by atoms with Gasteiger partial charge in [-0.25, -0.2) is 4.98 Å². The molecular weight excluding hydrogens is 414 g/mol. The van der Waals surface area contributed by atoms with Crippen LogP contribution in [-0.4, -0.2) is 60.8 Å². The number of aromatic nitrogens is 1. The molecule has 31 heavy (non-hydrogen) atoms. The van der Waals surface area contributed by atoms with Gasteiger partial charge in [0.2, 0.25) is 6.79 Å². The third kappa shape index (κ3) is 4.08. The number of carbonyl (C=O) groups is 1. The first-order valence-electron chi connectivity index (χ1n) is 10.2. The standard InChI is InChI=1S/C23H23N3O4S/c1-28-18-7-5-16(6-8-18)22-24-17(14-31-22)13-25-9-11-26(12-10-25)23(27)19-3-2-4-20-21(19)30-15-29-20/h2-8,14H,9-13,15H2,1H3. The van der Waals surface area contributed by atoms with E-state index in [1.807, 2.05) is 41.3 Å². The number of rotatable bonds is 5. The first-order chi connectivity index (χ1) is 15.2. The van der Waals surface area contributed by atoms with Crippen molar-refractivity contribution in [2.45, 2.75) is 6.54 Å². The second-order valence-electron chi connectivity index (χ2n) is 7.48. The number of piperazine rings is 1. The molecule has 160 valence electrons. The van der Waals surface area contributed by atoms with E-state index in [9.17, 15) is 4.79 Å². The fraction of sp³-hybridized carbons (Fsp3) is 0.304. The molecule has 2 aromatic carbocycles. The van der Waals surface area contributed by atoms with Crippen LogP contribution in [0.3, 0.4) is 0 Å². The van der Waals surface area contributed by atoms with Crippen LogP contribution in [0.15, 0.2) is 47.8 Å². The summed E-state index contributed by atoms with van der Waals surface area (Å²) in [4.78, 5) is 22.0. The van der Waals surface area contributed by atoms with Crippen molar-refractivity contribution in [2.75, 3.05) is 40.1 Å². The lowest BCUT2D eigenvalue weighted by Crippen LogP contribution is -2.48. The summed E-state index contributed by atoms with van der Waals surface area (Å²) in [5.74, 6) is 2.04. The molecule has 0 N–H and O–H groups in total. The predicted molar refractivity (Wildman–Crippen MR) is 118 cm³/mol. The second-order valence-corrected chi connectivity index (χ2v) is 8.34. The van der Waals surface area contributed by atoms with Gasteiger partial charge in [-0.05, 0) is 36.4 Å². The molecule has 0 bridgehead atoms. The van der Waals surface area contributed by atoms with E-state index in [0.717, 1.165) is 41.6 Å². The SMILES string of the molecule is COc1ccc(-c2nc(CN3CCN(C(=O)c4cccc5c4OCO5)CC3)cs2)cc1.